The summed E-state index contributed by atoms with van der Waals surface area (Å²) in [7, 11) is 2.17. The largest absolute Gasteiger partial charge is 0.392 e. The molecule has 1 aromatic carbocycles. The number of anilines is 1. The van der Waals surface area contributed by atoms with E-state index in [9.17, 15) is 5.11 Å². The molecule has 5 heteroatoms. The molecule has 2 aromatic heterocycles. The van der Waals surface area contributed by atoms with Crippen LogP contribution in [0.4, 0.5) is 5.69 Å². The summed E-state index contributed by atoms with van der Waals surface area (Å²) in [4.78, 5) is 12.5. The molecule has 0 atom stereocenters. The van der Waals surface area contributed by atoms with Gasteiger partial charge in [-0.2, -0.15) is 0 Å². The Hall–Kier alpha value is -2.37. The van der Waals surface area contributed by atoms with Crippen molar-refractivity contribution in [3.8, 4) is 11.3 Å². The molecule has 1 aliphatic rings. The van der Waals surface area contributed by atoms with E-state index < -0.39 is 0 Å². The molecule has 0 unspecified atom stereocenters. The zero-order chi connectivity index (χ0) is 16.5. The van der Waals surface area contributed by atoms with Crippen LogP contribution < -0.4 is 4.90 Å². The van der Waals surface area contributed by atoms with Gasteiger partial charge in [0, 0.05) is 49.1 Å². The van der Waals surface area contributed by atoms with E-state index in [-0.39, 0.29) is 6.61 Å². The molecule has 124 valence electrons. The molecule has 0 spiro atoms. The molecule has 24 heavy (non-hydrogen) atoms. The Balaban J connectivity index is 1.58. The Morgan fingerprint density at radius 3 is 2.54 bits per heavy atom. The number of likely N-dealkylation sites (N-methyl/N-ethyl adjacent to an activating group) is 1. The predicted molar refractivity (Wildman–Crippen MR) is 97.2 cm³/mol. The number of rotatable bonds is 3. The molecule has 0 bridgehead atoms. The van der Waals surface area contributed by atoms with Crippen LogP contribution in [0.5, 0.6) is 0 Å². The highest BCUT2D eigenvalue weighted by atomic mass is 16.3. The van der Waals surface area contributed by atoms with Gasteiger partial charge in [0.05, 0.1) is 6.61 Å². The molecule has 1 fully saturated rings. The molecular weight excluding hydrogens is 300 g/mol. The van der Waals surface area contributed by atoms with Gasteiger partial charge in [-0.1, -0.05) is 12.1 Å². The fourth-order valence-corrected chi connectivity index (χ4v) is 3.22. The Kier molecular flexibility index (Phi) is 3.96. The number of aliphatic hydroxyl groups is 1. The van der Waals surface area contributed by atoms with Crippen LogP contribution in [0.3, 0.4) is 0 Å². The quantitative estimate of drug-likeness (QED) is 0.778. The predicted octanol–water partition coefficient (Wildman–Crippen LogP) is 2.47. The third-order valence-corrected chi connectivity index (χ3v) is 4.76. The van der Waals surface area contributed by atoms with Crippen LogP contribution >= 0.6 is 0 Å². The minimum atomic E-state index is 0.0170. The van der Waals surface area contributed by atoms with Crippen molar-refractivity contribution in [2.24, 2.45) is 0 Å². The van der Waals surface area contributed by atoms with Gasteiger partial charge < -0.3 is 19.9 Å². The van der Waals surface area contributed by atoms with Crippen LogP contribution in [0.2, 0.25) is 0 Å². The number of H-pyrrole nitrogens is 1. The number of aromatic nitrogens is 2. The van der Waals surface area contributed by atoms with E-state index in [2.05, 4.69) is 57.1 Å². The fourth-order valence-electron chi connectivity index (χ4n) is 3.22. The van der Waals surface area contributed by atoms with E-state index in [1.165, 1.54) is 5.69 Å². The van der Waals surface area contributed by atoms with Crippen LogP contribution in [0.15, 0.2) is 42.6 Å². The molecule has 0 amide bonds. The summed E-state index contributed by atoms with van der Waals surface area (Å²) in [6.45, 7) is 4.40. The second-order valence-corrected chi connectivity index (χ2v) is 6.46. The van der Waals surface area contributed by atoms with Gasteiger partial charge in [0.1, 0.15) is 5.65 Å². The standard InChI is InChI=1S/C19H22N4O/c1-22-6-8-23(9-7-22)17-4-2-15(3-5-17)18-11-16-10-14(13-24)12-20-19(16)21-18/h2-5,10-12,24H,6-9,13H2,1H3,(H,20,21). The second kappa shape index (κ2) is 6.26. The first-order valence-corrected chi connectivity index (χ1v) is 8.35. The third kappa shape index (κ3) is 2.88. The van der Waals surface area contributed by atoms with Crippen LogP contribution in [0, 0.1) is 0 Å². The van der Waals surface area contributed by atoms with Crippen LogP contribution in [-0.2, 0) is 6.61 Å². The van der Waals surface area contributed by atoms with Crippen molar-refractivity contribution in [2.45, 2.75) is 6.61 Å². The van der Waals surface area contributed by atoms with Crippen molar-refractivity contribution < 1.29 is 5.11 Å². The first-order valence-electron chi connectivity index (χ1n) is 8.35. The maximum atomic E-state index is 9.23. The van der Waals surface area contributed by atoms with E-state index in [1.54, 1.807) is 6.20 Å². The number of pyridine rings is 1. The highest BCUT2D eigenvalue weighted by Crippen LogP contribution is 2.26. The Bertz CT molecular complexity index is 832. The number of aliphatic hydroxyl groups excluding tert-OH is 1. The van der Waals surface area contributed by atoms with Gasteiger partial charge >= 0.3 is 0 Å². The molecule has 0 radical (unpaired) electrons. The summed E-state index contributed by atoms with van der Waals surface area (Å²) in [6, 6.07) is 12.8. The van der Waals surface area contributed by atoms with Crippen molar-refractivity contribution in [3.05, 3.63) is 48.2 Å². The lowest BCUT2D eigenvalue weighted by atomic mass is 10.1. The number of aromatic amines is 1. The molecule has 2 N–H and O–H groups in total. The number of hydrogen-bond donors (Lipinski definition) is 2. The maximum Gasteiger partial charge on any atom is 0.137 e. The zero-order valence-corrected chi connectivity index (χ0v) is 13.9. The Morgan fingerprint density at radius 2 is 1.83 bits per heavy atom. The van der Waals surface area contributed by atoms with Crippen molar-refractivity contribution in [1.29, 1.82) is 0 Å². The van der Waals surface area contributed by atoms with Crippen molar-refractivity contribution >= 4 is 16.7 Å². The molecule has 3 aromatic rings. The average molecular weight is 322 g/mol. The molecule has 0 saturated carbocycles. The molecule has 1 saturated heterocycles. The lowest BCUT2D eigenvalue weighted by molar-refractivity contribution is 0.281. The first-order chi connectivity index (χ1) is 11.7. The molecule has 3 heterocycles. The Labute approximate surface area is 141 Å². The fraction of sp³-hybridized carbons (Fsp3) is 0.316. The van der Waals surface area contributed by atoms with Gasteiger partial charge in [-0.05, 0) is 42.4 Å². The zero-order valence-electron chi connectivity index (χ0n) is 13.9. The number of nitrogens with one attached hydrogen (secondary N) is 1. The average Bonchev–Trinajstić information content (AvgIpc) is 3.05. The third-order valence-electron chi connectivity index (χ3n) is 4.76. The Morgan fingerprint density at radius 1 is 1.08 bits per heavy atom. The van der Waals surface area contributed by atoms with E-state index in [0.29, 0.717) is 0 Å². The number of hydrogen-bond acceptors (Lipinski definition) is 4. The minimum absolute atomic E-state index is 0.0170. The molecule has 0 aliphatic carbocycles. The number of benzene rings is 1. The first kappa shape index (κ1) is 15.2. The number of fused-ring (bicyclic) bond motifs is 1. The van der Waals surface area contributed by atoms with E-state index >= 15 is 0 Å². The number of piperazine rings is 1. The van der Waals surface area contributed by atoms with E-state index in [1.807, 2.05) is 6.07 Å². The van der Waals surface area contributed by atoms with Gasteiger partial charge in [0.2, 0.25) is 0 Å². The normalized spacial score (nSPS) is 16.0. The lowest BCUT2D eigenvalue weighted by Crippen LogP contribution is -2.44. The SMILES string of the molecule is CN1CCN(c2ccc(-c3cc4cc(CO)cnc4[nH]3)cc2)CC1. The highest BCUT2D eigenvalue weighted by Gasteiger charge is 2.14. The lowest BCUT2D eigenvalue weighted by Gasteiger charge is -2.34. The van der Waals surface area contributed by atoms with Crippen LogP contribution in [0.25, 0.3) is 22.3 Å². The van der Waals surface area contributed by atoms with Gasteiger partial charge in [-0.3, -0.25) is 0 Å². The summed E-state index contributed by atoms with van der Waals surface area (Å²) in [5, 5.41) is 10.3. The second-order valence-electron chi connectivity index (χ2n) is 6.46. The summed E-state index contributed by atoms with van der Waals surface area (Å²) >= 11 is 0. The van der Waals surface area contributed by atoms with Gasteiger partial charge in [0.25, 0.3) is 0 Å². The maximum absolute atomic E-state index is 9.23. The summed E-state index contributed by atoms with van der Waals surface area (Å²) in [6.07, 6.45) is 1.71. The van der Waals surface area contributed by atoms with Crippen LogP contribution in [0.1, 0.15) is 5.56 Å². The number of nitrogens with zero attached hydrogens (tertiary/aromatic N) is 3. The molecule has 4 rings (SSSR count). The molecular formula is C19H22N4O. The molecule has 1 aliphatic heterocycles. The van der Waals surface area contributed by atoms with Gasteiger partial charge in [-0.25, -0.2) is 4.98 Å². The van der Waals surface area contributed by atoms with Gasteiger partial charge in [0.15, 0.2) is 0 Å². The monoisotopic (exact) mass is 322 g/mol. The highest BCUT2D eigenvalue weighted by molar-refractivity contribution is 5.83. The summed E-state index contributed by atoms with van der Waals surface area (Å²) in [5.74, 6) is 0. The van der Waals surface area contributed by atoms with E-state index in [0.717, 1.165) is 54.0 Å². The summed E-state index contributed by atoms with van der Waals surface area (Å²) in [5.41, 5.74) is 5.17. The van der Waals surface area contributed by atoms with Crippen molar-refractivity contribution in [3.63, 3.8) is 0 Å². The molecule has 5 nitrogen and oxygen atoms in total. The summed E-state index contributed by atoms with van der Waals surface area (Å²) < 4.78 is 0. The topological polar surface area (TPSA) is 55.4 Å². The van der Waals surface area contributed by atoms with Crippen molar-refractivity contribution in [2.75, 3.05) is 38.1 Å². The van der Waals surface area contributed by atoms with Crippen LogP contribution in [-0.4, -0.2) is 53.2 Å². The minimum Gasteiger partial charge on any atom is -0.392 e. The van der Waals surface area contributed by atoms with Gasteiger partial charge in [-0.15, -0.1) is 0 Å². The smallest absolute Gasteiger partial charge is 0.137 e. The van der Waals surface area contributed by atoms with E-state index in [4.69, 9.17) is 0 Å². The van der Waals surface area contributed by atoms with Crippen molar-refractivity contribution in [1.82, 2.24) is 14.9 Å².